The molecule has 1 heterocycles. The molecule has 0 aliphatic rings. The zero-order chi connectivity index (χ0) is 12.3. The van der Waals surface area contributed by atoms with Crippen LogP contribution in [0, 0.1) is 6.92 Å². The highest BCUT2D eigenvalue weighted by Crippen LogP contribution is 2.22. The van der Waals surface area contributed by atoms with E-state index in [-0.39, 0.29) is 0 Å². The van der Waals surface area contributed by atoms with Crippen LogP contribution in [-0.4, -0.2) is 23.1 Å². The lowest BCUT2D eigenvalue weighted by molar-refractivity contribution is 0.738. The lowest BCUT2D eigenvalue weighted by atomic mass is 10.1. The molecular formula is C14H19N3. The van der Waals surface area contributed by atoms with Crippen molar-refractivity contribution in [2.24, 2.45) is 7.05 Å². The molecule has 3 heteroatoms. The summed E-state index contributed by atoms with van der Waals surface area (Å²) in [5.41, 5.74) is 4.86. The Morgan fingerprint density at radius 1 is 1.35 bits per heavy atom. The molecule has 1 aromatic carbocycles. The van der Waals surface area contributed by atoms with Crippen molar-refractivity contribution in [3.05, 3.63) is 41.9 Å². The first-order valence-corrected chi connectivity index (χ1v) is 5.94. The molecule has 0 aliphatic carbocycles. The van der Waals surface area contributed by atoms with Gasteiger partial charge in [0.25, 0.3) is 0 Å². The van der Waals surface area contributed by atoms with E-state index in [1.807, 2.05) is 13.4 Å². The van der Waals surface area contributed by atoms with Crippen molar-refractivity contribution in [2.75, 3.05) is 13.6 Å². The molecule has 3 nitrogen and oxygen atoms in total. The second-order valence-corrected chi connectivity index (χ2v) is 4.37. The molecule has 17 heavy (non-hydrogen) atoms. The van der Waals surface area contributed by atoms with E-state index in [4.69, 9.17) is 0 Å². The number of imidazole rings is 1. The highest BCUT2D eigenvalue weighted by atomic mass is 15.0. The van der Waals surface area contributed by atoms with Gasteiger partial charge >= 0.3 is 0 Å². The van der Waals surface area contributed by atoms with Crippen LogP contribution >= 0.6 is 0 Å². The lowest BCUT2D eigenvalue weighted by Crippen LogP contribution is -2.12. The number of aromatic nitrogens is 2. The first kappa shape index (κ1) is 11.9. The molecule has 0 aliphatic heterocycles. The minimum absolute atomic E-state index is 0.971. The number of rotatable bonds is 4. The second-order valence-electron chi connectivity index (χ2n) is 4.37. The summed E-state index contributed by atoms with van der Waals surface area (Å²) in [5.74, 6) is 0. The summed E-state index contributed by atoms with van der Waals surface area (Å²) >= 11 is 0. The summed E-state index contributed by atoms with van der Waals surface area (Å²) in [6.45, 7) is 3.08. The molecule has 1 aromatic heterocycles. The van der Waals surface area contributed by atoms with E-state index in [0.29, 0.717) is 0 Å². The largest absolute Gasteiger partial charge is 0.337 e. The van der Waals surface area contributed by atoms with Gasteiger partial charge in [-0.3, -0.25) is 0 Å². The first-order chi connectivity index (χ1) is 8.22. The standard InChI is InChI=1S/C14H19N3/c1-11-5-4-6-12(9-11)14-13(7-8-15-2)17(3)10-16-14/h4-6,9-10,15H,7-8H2,1-3H3. The van der Waals surface area contributed by atoms with Gasteiger partial charge in [-0.05, 0) is 20.0 Å². The predicted molar refractivity (Wildman–Crippen MR) is 71.0 cm³/mol. The van der Waals surface area contributed by atoms with Gasteiger partial charge in [-0.2, -0.15) is 0 Å². The quantitative estimate of drug-likeness (QED) is 0.870. The molecule has 0 amide bonds. The van der Waals surface area contributed by atoms with E-state index in [1.165, 1.54) is 16.8 Å². The number of hydrogen-bond donors (Lipinski definition) is 1. The van der Waals surface area contributed by atoms with Gasteiger partial charge in [-0.15, -0.1) is 0 Å². The molecule has 0 saturated heterocycles. The number of aryl methyl sites for hydroxylation is 2. The van der Waals surface area contributed by atoms with Gasteiger partial charge in [0, 0.05) is 31.3 Å². The molecular weight excluding hydrogens is 210 g/mol. The van der Waals surface area contributed by atoms with Crippen LogP contribution in [0.4, 0.5) is 0 Å². The maximum absolute atomic E-state index is 4.52. The van der Waals surface area contributed by atoms with Crippen LogP contribution < -0.4 is 5.32 Å². The van der Waals surface area contributed by atoms with E-state index < -0.39 is 0 Å². The van der Waals surface area contributed by atoms with Crippen LogP contribution in [0.25, 0.3) is 11.3 Å². The number of likely N-dealkylation sites (N-methyl/N-ethyl adjacent to an activating group) is 1. The van der Waals surface area contributed by atoms with Gasteiger partial charge in [-0.1, -0.05) is 23.8 Å². The van der Waals surface area contributed by atoms with Gasteiger partial charge in [0.1, 0.15) is 0 Å². The third kappa shape index (κ3) is 2.56. The van der Waals surface area contributed by atoms with Gasteiger partial charge in [0.15, 0.2) is 0 Å². The second kappa shape index (κ2) is 5.15. The molecule has 1 N–H and O–H groups in total. The van der Waals surface area contributed by atoms with Crippen molar-refractivity contribution in [3.63, 3.8) is 0 Å². The predicted octanol–water partition coefficient (Wildman–Crippen LogP) is 2.16. The zero-order valence-electron chi connectivity index (χ0n) is 10.7. The first-order valence-electron chi connectivity index (χ1n) is 5.94. The Morgan fingerprint density at radius 3 is 2.88 bits per heavy atom. The lowest BCUT2D eigenvalue weighted by Gasteiger charge is -2.06. The summed E-state index contributed by atoms with van der Waals surface area (Å²) < 4.78 is 2.11. The maximum Gasteiger partial charge on any atom is 0.0953 e. The molecule has 2 rings (SSSR count). The van der Waals surface area contributed by atoms with E-state index in [2.05, 4.69) is 53.1 Å². The summed E-state index contributed by atoms with van der Waals surface area (Å²) in [4.78, 5) is 4.52. The topological polar surface area (TPSA) is 29.9 Å². The van der Waals surface area contributed by atoms with Crippen molar-refractivity contribution in [1.82, 2.24) is 14.9 Å². The zero-order valence-corrected chi connectivity index (χ0v) is 10.7. The highest BCUT2D eigenvalue weighted by Gasteiger charge is 2.10. The summed E-state index contributed by atoms with van der Waals surface area (Å²) in [7, 11) is 4.03. The van der Waals surface area contributed by atoms with Crippen molar-refractivity contribution in [2.45, 2.75) is 13.3 Å². The van der Waals surface area contributed by atoms with Crippen LogP contribution in [0.3, 0.4) is 0 Å². The van der Waals surface area contributed by atoms with E-state index in [0.717, 1.165) is 18.7 Å². The molecule has 0 fully saturated rings. The Balaban J connectivity index is 2.38. The number of hydrogen-bond acceptors (Lipinski definition) is 2. The third-order valence-corrected chi connectivity index (χ3v) is 2.96. The monoisotopic (exact) mass is 229 g/mol. The third-order valence-electron chi connectivity index (χ3n) is 2.96. The van der Waals surface area contributed by atoms with Crippen molar-refractivity contribution in [1.29, 1.82) is 0 Å². The van der Waals surface area contributed by atoms with Crippen LogP contribution in [0.2, 0.25) is 0 Å². The fraction of sp³-hybridized carbons (Fsp3) is 0.357. The number of nitrogens with one attached hydrogen (secondary N) is 1. The summed E-state index contributed by atoms with van der Waals surface area (Å²) in [5, 5.41) is 3.18. The number of benzene rings is 1. The molecule has 0 atom stereocenters. The van der Waals surface area contributed by atoms with E-state index in [1.54, 1.807) is 0 Å². The van der Waals surface area contributed by atoms with Gasteiger partial charge in [0.2, 0.25) is 0 Å². The normalized spacial score (nSPS) is 10.8. The smallest absolute Gasteiger partial charge is 0.0953 e. The Kier molecular flexibility index (Phi) is 3.59. The Morgan fingerprint density at radius 2 is 2.18 bits per heavy atom. The highest BCUT2D eigenvalue weighted by molar-refractivity contribution is 5.62. The molecule has 0 spiro atoms. The number of nitrogens with zero attached hydrogens (tertiary/aromatic N) is 2. The van der Waals surface area contributed by atoms with Crippen LogP contribution in [0.15, 0.2) is 30.6 Å². The van der Waals surface area contributed by atoms with E-state index >= 15 is 0 Å². The van der Waals surface area contributed by atoms with Crippen molar-refractivity contribution < 1.29 is 0 Å². The molecule has 2 aromatic rings. The van der Waals surface area contributed by atoms with Gasteiger partial charge in [-0.25, -0.2) is 4.98 Å². The fourth-order valence-electron chi connectivity index (χ4n) is 2.03. The Hall–Kier alpha value is -1.61. The molecule has 90 valence electrons. The average molecular weight is 229 g/mol. The van der Waals surface area contributed by atoms with E-state index in [9.17, 15) is 0 Å². The van der Waals surface area contributed by atoms with Crippen molar-refractivity contribution in [3.8, 4) is 11.3 Å². The molecule has 0 unspecified atom stereocenters. The van der Waals surface area contributed by atoms with Crippen LogP contribution in [0.5, 0.6) is 0 Å². The maximum atomic E-state index is 4.52. The molecule has 0 radical (unpaired) electrons. The summed E-state index contributed by atoms with van der Waals surface area (Å²) in [6, 6.07) is 8.50. The van der Waals surface area contributed by atoms with Crippen molar-refractivity contribution >= 4 is 0 Å². The summed E-state index contributed by atoms with van der Waals surface area (Å²) in [6.07, 6.45) is 2.89. The molecule has 0 bridgehead atoms. The Bertz CT molecular complexity index is 500. The molecule has 0 saturated carbocycles. The fourth-order valence-corrected chi connectivity index (χ4v) is 2.03. The Labute approximate surface area is 103 Å². The van der Waals surface area contributed by atoms with Crippen LogP contribution in [-0.2, 0) is 13.5 Å². The van der Waals surface area contributed by atoms with Crippen LogP contribution in [0.1, 0.15) is 11.3 Å². The SMILES string of the molecule is CNCCc1c(-c2cccc(C)c2)ncn1C. The average Bonchev–Trinajstić information content (AvgIpc) is 2.68. The van der Waals surface area contributed by atoms with Gasteiger partial charge < -0.3 is 9.88 Å². The minimum atomic E-state index is 0.971. The minimum Gasteiger partial charge on any atom is -0.337 e. The van der Waals surface area contributed by atoms with Gasteiger partial charge in [0.05, 0.1) is 12.0 Å².